The molecule has 0 unspecified atom stereocenters. The molecule has 3 N–H and O–H groups in total. The lowest BCUT2D eigenvalue weighted by molar-refractivity contribution is -0.115. The Kier molecular flexibility index (Phi) is 8.17. The van der Waals surface area contributed by atoms with E-state index in [1.807, 2.05) is 36.4 Å². The molecule has 36 heavy (non-hydrogen) atoms. The van der Waals surface area contributed by atoms with Gasteiger partial charge in [-0.3, -0.25) is 14.9 Å². The third kappa shape index (κ3) is 6.82. The van der Waals surface area contributed by atoms with Crippen LogP contribution in [0.5, 0.6) is 0 Å². The first-order valence-electron chi connectivity index (χ1n) is 10.7. The second-order valence-electron chi connectivity index (χ2n) is 7.50. The van der Waals surface area contributed by atoms with Crippen molar-refractivity contribution in [1.29, 1.82) is 0 Å². The number of anilines is 2. The van der Waals surface area contributed by atoms with Crippen molar-refractivity contribution in [3.63, 3.8) is 0 Å². The van der Waals surface area contributed by atoms with E-state index in [4.69, 9.17) is 39.8 Å². The Labute approximate surface area is 222 Å². The minimum absolute atomic E-state index is 0.0956. The maximum atomic E-state index is 12.5. The first-order chi connectivity index (χ1) is 17.4. The molecule has 0 aliphatic heterocycles. The number of amides is 2. The topological polar surface area (TPSA) is 83.4 Å². The van der Waals surface area contributed by atoms with Gasteiger partial charge in [-0.2, -0.15) is 0 Å². The van der Waals surface area contributed by atoms with E-state index in [9.17, 15) is 9.59 Å². The highest BCUT2D eigenvalue weighted by molar-refractivity contribution is 7.80. The molecule has 0 saturated heterocycles. The summed E-state index contributed by atoms with van der Waals surface area (Å²) in [5.41, 5.74) is 2.32. The van der Waals surface area contributed by atoms with E-state index >= 15 is 0 Å². The molecular weight excluding hydrogens is 517 g/mol. The smallest absolute Gasteiger partial charge is 0.257 e. The molecule has 0 aliphatic carbocycles. The first-order valence-corrected chi connectivity index (χ1v) is 11.9. The fourth-order valence-electron chi connectivity index (χ4n) is 3.22. The molecule has 2 amide bonds. The molecule has 6 nitrogen and oxygen atoms in total. The Morgan fingerprint density at radius 2 is 1.58 bits per heavy atom. The zero-order valence-corrected chi connectivity index (χ0v) is 21.0. The van der Waals surface area contributed by atoms with Crippen molar-refractivity contribution in [2.45, 2.75) is 0 Å². The quantitative estimate of drug-likeness (QED) is 0.182. The molecule has 0 fully saturated rings. The minimum Gasteiger partial charge on any atom is -0.457 e. The highest BCUT2D eigenvalue weighted by atomic mass is 35.5. The number of benzene rings is 3. The summed E-state index contributed by atoms with van der Waals surface area (Å²) in [6.45, 7) is 0. The molecule has 3 aromatic carbocycles. The van der Waals surface area contributed by atoms with Gasteiger partial charge in [-0.1, -0.05) is 59.6 Å². The summed E-state index contributed by atoms with van der Waals surface area (Å²) in [6, 6.07) is 24.8. The van der Waals surface area contributed by atoms with Crippen LogP contribution in [0.15, 0.2) is 95.4 Å². The standard InChI is InChI=1S/C27H19Cl2N3O3S/c28-18-9-12-22(23(29)15-18)26(34)30-19-7-4-8-20(16-19)31-27(36)32-25(33)14-11-21-10-13-24(35-21)17-5-2-1-3-6-17/h1-16H,(H,30,34)(H2,31,32,33,36)/b14-11+. The summed E-state index contributed by atoms with van der Waals surface area (Å²) in [5, 5.41) is 9.04. The Bertz CT molecular complexity index is 1450. The van der Waals surface area contributed by atoms with Gasteiger partial charge in [-0.15, -0.1) is 0 Å². The van der Waals surface area contributed by atoms with Crippen LogP contribution in [0.4, 0.5) is 11.4 Å². The lowest BCUT2D eigenvalue weighted by atomic mass is 10.2. The van der Waals surface area contributed by atoms with Crippen molar-refractivity contribution in [3.8, 4) is 11.3 Å². The van der Waals surface area contributed by atoms with Crippen molar-refractivity contribution in [2.24, 2.45) is 0 Å². The van der Waals surface area contributed by atoms with Crippen molar-refractivity contribution >= 4 is 69.8 Å². The third-order valence-corrected chi connectivity index (χ3v) is 5.63. The summed E-state index contributed by atoms with van der Waals surface area (Å²) in [5.74, 6) is 0.431. The van der Waals surface area contributed by atoms with Gasteiger partial charge < -0.3 is 15.1 Å². The Balaban J connectivity index is 1.32. The molecule has 9 heteroatoms. The third-order valence-electron chi connectivity index (χ3n) is 4.87. The average Bonchev–Trinajstić information content (AvgIpc) is 3.32. The molecule has 180 valence electrons. The lowest BCUT2D eigenvalue weighted by Gasteiger charge is -2.11. The fourth-order valence-corrected chi connectivity index (χ4v) is 3.93. The van der Waals surface area contributed by atoms with E-state index in [0.717, 1.165) is 5.56 Å². The van der Waals surface area contributed by atoms with Crippen LogP contribution in [0, 0.1) is 0 Å². The van der Waals surface area contributed by atoms with Gasteiger partial charge >= 0.3 is 0 Å². The number of hydrogen-bond acceptors (Lipinski definition) is 4. The molecule has 4 rings (SSSR count). The van der Waals surface area contributed by atoms with Crippen molar-refractivity contribution < 1.29 is 14.0 Å². The molecule has 1 aromatic heterocycles. The summed E-state index contributed by atoms with van der Waals surface area (Å²) in [7, 11) is 0. The molecule has 0 saturated carbocycles. The van der Waals surface area contributed by atoms with Crippen LogP contribution in [0.25, 0.3) is 17.4 Å². The summed E-state index contributed by atoms with van der Waals surface area (Å²) >= 11 is 17.2. The van der Waals surface area contributed by atoms with Gasteiger partial charge in [0.05, 0.1) is 10.6 Å². The van der Waals surface area contributed by atoms with E-state index in [-0.39, 0.29) is 16.0 Å². The Morgan fingerprint density at radius 3 is 2.33 bits per heavy atom. The fraction of sp³-hybridized carbons (Fsp3) is 0. The Hall–Kier alpha value is -3.91. The molecular formula is C27H19Cl2N3O3S. The van der Waals surface area contributed by atoms with Crippen LogP contribution in [0.2, 0.25) is 10.0 Å². The van der Waals surface area contributed by atoms with Crippen LogP contribution in [0.3, 0.4) is 0 Å². The van der Waals surface area contributed by atoms with Crippen LogP contribution in [-0.4, -0.2) is 16.9 Å². The van der Waals surface area contributed by atoms with Gasteiger partial charge in [0, 0.05) is 28.0 Å². The van der Waals surface area contributed by atoms with E-state index in [1.165, 1.54) is 12.1 Å². The average molecular weight is 536 g/mol. The summed E-state index contributed by atoms with van der Waals surface area (Å²) in [6.07, 6.45) is 2.89. The van der Waals surface area contributed by atoms with Crippen molar-refractivity contribution in [2.75, 3.05) is 10.6 Å². The highest BCUT2D eigenvalue weighted by Crippen LogP contribution is 2.24. The van der Waals surface area contributed by atoms with E-state index in [0.29, 0.717) is 33.5 Å². The maximum absolute atomic E-state index is 12.5. The van der Waals surface area contributed by atoms with Crippen molar-refractivity contribution in [1.82, 2.24) is 5.32 Å². The van der Waals surface area contributed by atoms with Gasteiger partial charge in [0.1, 0.15) is 11.5 Å². The van der Waals surface area contributed by atoms with E-state index in [2.05, 4.69) is 16.0 Å². The highest BCUT2D eigenvalue weighted by Gasteiger charge is 2.12. The maximum Gasteiger partial charge on any atom is 0.257 e. The molecule has 0 aliphatic rings. The largest absolute Gasteiger partial charge is 0.457 e. The molecule has 4 aromatic rings. The molecule has 0 radical (unpaired) electrons. The molecule has 0 bridgehead atoms. The summed E-state index contributed by atoms with van der Waals surface area (Å²) < 4.78 is 5.75. The monoisotopic (exact) mass is 535 g/mol. The van der Waals surface area contributed by atoms with Gasteiger partial charge in [0.15, 0.2) is 5.11 Å². The molecule has 0 spiro atoms. The number of nitrogens with one attached hydrogen (secondary N) is 3. The van der Waals surface area contributed by atoms with Crippen LogP contribution >= 0.6 is 35.4 Å². The zero-order valence-electron chi connectivity index (χ0n) is 18.6. The van der Waals surface area contributed by atoms with Gasteiger partial charge in [-0.25, -0.2) is 0 Å². The van der Waals surface area contributed by atoms with Crippen LogP contribution in [-0.2, 0) is 4.79 Å². The first kappa shape index (κ1) is 25.2. The summed E-state index contributed by atoms with van der Waals surface area (Å²) in [4.78, 5) is 24.8. The number of carbonyl (C=O) groups is 2. The number of halogens is 2. The number of rotatable bonds is 6. The van der Waals surface area contributed by atoms with Gasteiger partial charge in [0.2, 0.25) is 5.91 Å². The second kappa shape index (κ2) is 11.7. The van der Waals surface area contributed by atoms with Gasteiger partial charge in [0.25, 0.3) is 5.91 Å². The SMILES string of the molecule is O=C(/C=C/c1ccc(-c2ccccc2)o1)NC(=S)Nc1cccc(NC(=O)c2ccc(Cl)cc2Cl)c1. The zero-order chi connectivity index (χ0) is 25.5. The van der Waals surface area contributed by atoms with E-state index in [1.54, 1.807) is 48.5 Å². The Morgan fingerprint density at radius 1 is 0.833 bits per heavy atom. The minimum atomic E-state index is -0.424. The second-order valence-corrected chi connectivity index (χ2v) is 8.76. The van der Waals surface area contributed by atoms with Gasteiger partial charge in [-0.05, 0) is 66.8 Å². The molecule has 1 heterocycles. The van der Waals surface area contributed by atoms with Crippen molar-refractivity contribution in [3.05, 3.63) is 112 Å². The lowest BCUT2D eigenvalue weighted by Crippen LogP contribution is -2.32. The van der Waals surface area contributed by atoms with Crippen LogP contribution in [0.1, 0.15) is 16.1 Å². The molecule has 0 atom stereocenters. The van der Waals surface area contributed by atoms with Crippen LogP contribution < -0.4 is 16.0 Å². The predicted molar refractivity (Wildman–Crippen MR) is 148 cm³/mol. The van der Waals surface area contributed by atoms with E-state index < -0.39 is 5.91 Å². The number of carbonyl (C=O) groups excluding carboxylic acids is 2. The number of furan rings is 1. The number of hydrogen-bond donors (Lipinski definition) is 3. The number of thiocarbonyl (C=S) groups is 1. The predicted octanol–water partition coefficient (Wildman–Crippen LogP) is 7.03. The normalized spacial score (nSPS) is 10.7.